The zero-order valence-electron chi connectivity index (χ0n) is 21.4. The summed E-state index contributed by atoms with van der Waals surface area (Å²) in [5.41, 5.74) is 0.859. The van der Waals surface area contributed by atoms with E-state index in [-0.39, 0.29) is 11.3 Å². The molecule has 0 aromatic heterocycles. The molecule has 5 nitrogen and oxygen atoms in total. The SMILES string of the molecule is CC1CCC(C)N1[C@@H]1CCCC[C@H]1NC(=S)N[C@H](C(=O)N(C)Cc1ccccc1)C(C)(C)C. The summed E-state index contributed by atoms with van der Waals surface area (Å²) in [6.45, 7) is 11.6. The van der Waals surface area contributed by atoms with Gasteiger partial charge in [0.25, 0.3) is 0 Å². The molecule has 5 atom stereocenters. The third kappa shape index (κ3) is 6.69. The summed E-state index contributed by atoms with van der Waals surface area (Å²) in [5.74, 6) is 0.0671. The number of hydrogen-bond donors (Lipinski definition) is 2. The molecule has 1 saturated heterocycles. The Morgan fingerprint density at radius 1 is 1.09 bits per heavy atom. The van der Waals surface area contributed by atoms with E-state index in [4.69, 9.17) is 12.2 Å². The zero-order valence-corrected chi connectivity index (χ0v) is 22.3. The molecular formula is C27H44N4OS. The molecule has 2 aliphatic rings. The predicted molar refractivity (Wildman–Crippen MR) is 141 cm³/mol. The molecule has 1 aromatic carbocycles. The molecule has 1 heterocycles. The standard InChI is InChI=1S/C27H44N4OS/c1-19-16-17-20(2)31(19)23-15-11-10-14-22(23)28-26(33)29-24(27(3,4)5)25(32)30(6)18-21-12-8-7-9-13-21/h7-9,12-13,19-20,22-24H,10-11,14-18H2,1-6H3,(H2,28,29,33)/t19?,20?,22-,23-,24-/m1/s1. The van der Waals surface area contributed by atoms with E-state index in [1.807, 2.05) is 25.2 Å². The number of carbonyl (C=O) groups is 1. The fraction of sp³-hybridized carbons (Fsp3) is 0.704. The first-order valence-corrected chi connectivity index (χ1v) is 13.1. The van der Waals surface area contributed by atoms with Gasteiger partial charge >= 0.3 is 0 Å². The molecule has 6 heteroatoms. The molecule has 1 amide bonds. The van der Waals surface area contributed by atoms with Crippen LogP contribution in [0.25, 0.3) is 0 Å². The van der Waals surface area contributed by atoms with Crippen molar-refractivity contribution in [2.75, 3.05) is 7.05 Å². The highest BCUT2D eigenvalue weighted by Crippen LogP contribution is 2.33. The summed E-state index contributed by atoms with van der Waals surface area (Å²) in [6.07, 6.45) is 7.42. The van der Waals surface area contributed by atoms with Crippen LogP contribution in [0.4, 0.5) is 0 Å². The molecule has 0 radical (unpaired) electrons. The molecule has 0 spiro atoms. The van der Waals surface area contributed by atoms with Gasteiger partial charge < -0.3 is 15.5 Å². The fourth-order valence-electron chi connectivity index (χ4n) is 5.65. The third-order valence-electron chi connectivity index (χ3n) is 7.48. The normalized spacial score (nSPS) is 27.1. The van der Waals surface area contributed by atoms with Crippen LogP contribution in [-0.2, 0) is 11.3 Å². The molecular weight excluding hydrogens is 428 g/mol. The Morgan fingerprint density at radius 3 is 2.30 bits per heavy atom. The van der Waals surface area contributed by atoms with Crippen molar-refractivity contribution in [3.8, 4) is 0 Å². The number of benzene rings is 1. The zero-order chi connectivity index (χ0) is 24.2. The lowest BCUT2D eigenvalue weighted by molar-refractivity contribution is -0.134. The van der Waals surface area contributed by atoms with E-state index in [0.717, 1.165) is 12.0 Å². The number of rotatable bonds is 6. The van der Waals surface area contributed by atoms with Gasteiger partial charge in [-0.05, 0) is 62.7 Å². The van der Waals surface area contributed by atoms with Crippen molar-refractivity contribution < 1.29 is 4.79 Å². The molecule has 33 heavy (non-hydrogen) atoms. The Morgan fingerprint density at radius 2 is 1.70 bits per heavy atom. The number of likely N-dealkylation sites (N-methyl/N-ethyl adjacent to an activating group) is 1. The van der Waals surface area contributed by atoms with Crippen LogP contribution in [0.5, 0.6) is 0 Å². The molecule has 1 aromatic rings. The number of nitrogens with zero attached hydrogens (tertiary/aromatic N) is 2. The van der Waals surface area contributed by atoms with Gasteiger partial charge in [0.2, 0.25) is 5.91 Å². The lowest BCUT2D eigenvalue weighted by Gasteiger charge is -2.43. The van der Waals surface area contributed by atoms with Gasteiger partial charge in [-0.25, -0.2) is 0 Å². The van der Waals surface area contributed by atoms with Gasteiger partial charge in [0.15, 0.2) is 5.11 Å². The van der Waals surface area contributed by atoms with Crippen molar-refractivity contribution in [1.82, 2.24) is 20.4 Å². The van der Waals surface area contributed by atoms with Crippen molar-refractivity contribution >= 4 is 23.2 Å². The van der Waals surface area contributed by atoms with Crippen molar-refractivity contribution in [3.63, 3.8) is 0 Å². The van der Waals surface area contributed by atoms with Crippen LogP contribution < -0.4 is 10.6 Å². The van der Waals surface area contributed by atoms with Gasteiger partial charge in [0.05, 0.1) is 0 Å². The summed E-state index contributed by atoms with van der Waals surface area (Å²) in [5, 5.41) is 7.66. The summed E-state index contributed by atoms with van der Waals surface area (Å²) in [4.78, 5) is 18.0. The lowest BCUT2D eigenvalue weighted by atomic mass is 9.85. The molecule has 1 saturated carbocycles. The Labute approximate surface area is 206 Å². The molecule has 0 bridgehead atoms. The first-order valence-electron chi connectivity index (χ1n) is 12.7. The second-order valence-electron chi connectivity index (χ2n) is 11.3. The number of hydrogen-bond acceptors (Lipinski definition) is 3. The summed E-state index contributed by atoms with van der Waals surface area (Å²) in [6, 6.07) is 11.8. The van der Waals surface area contributed by atoms with E-state index in [9.17, 15) is 4.79 Å². The largest absolute Gasteiger partial charge is 0.358 e. The van der Waals surface area contributed by atoms with E-state index >= 15 is 0 Å². The van der Waals surface area contributed by atoms with Crippen LogP contribution in [0.15, 0.2) is 30.3 Å². The summed E-state index contributed by atoms with van der Waals surface area (Å²) >= 11 is 5.79. The van der Waals surface area contributed by atoms with Crippen LogP contribution >= 0.6 is 12.2 Å². The number of likely N-dealkylation sites (tertiary alicyclic amines) is 1. The molecule has 1 aliphatic carbocycles. The molecule has 3 rings (SSSR count). The topological polar surface area (TPSA) is 47.6 Å². The lowest BCUT2D eigenvalue weighted by Crippen LogP contribution is -2.61. The average molecular weight is 473 g/mol. The van der Waals surface area contributed by atoms with Crippen molar-refractivity contribution in [3.05, 3.63) is 35.9 Å². The molecule has 1 aliphatic heterocycles. The van der Waals surface area contributed by atoms with Crippen LogP contribution in [0.3, 0.4) is 0 Å². The van der Waals surface area contributed by atoms with Crippen LogP contribution in [0, 0.1) is 5.41 Å². The second kappa shape index (κ2) is 11.2. The quantitative estimate of drug-likeness (QED) is 0.587. The van der Waals surface area contributed by atoms with Crippen molar-refractivity contribution in [2.24, 2.45) is 5.41 Å². The Kier molecular flexibility index (Phi) is 8.79. The smallest absolute Gasteiger partial charge is 0.245 e. The highest BCUT2D eigenvalue weighted by Gasteiger charge is 2.39. The van der Waals surface area contributed by atoms with E-state index in [1.54, 1.807) is 4.90 Å². The average Bonchev–Trinajstić information content (AvgIpc) is 3.10. The molecule has 184 valence electrons. The number of nitrogens with one attached hydrogen (secondary N) is 2. The second-order valence-corrected chi connectivity index (χ2v) is 11.7. The van der Waals surface area contributed by atoms with Crippen LogP contribution in [-0.4, -0.2) is 58.1 Å². The van der Waals surface area contributed by atoms with E-state index in [1.165, 1.54) is 32.1 Å². The monoisotopic (exact) mass is 472 g/mol. The summed E-state index contributed by atoms with van der Waals surface area (Å²) < 4.78 is 0. The summed E-state index contributed by atoms with van der Waals surface area (Å²) in [7, 11) is 1.87. The van der Waals surface area contributed by atoms with E-state index in [0.29, 0.717) is 35.8 Å². The predicted octanol–water partition coefficient (Wildman–Crippen LogP) is 4.71. The van der Waals surface area contributed by atoms with Gasteiger partial charge in [-0.2, -0.15) is 0 Å². The maximum absolute atomic E-state index is 13.4. The minimum absolute atomic E-state index is 0.0671. The van der Waals surface area contributed by atoms with Gasteiger partial charge in [0, 0.05) is 37.8 Å². The van der Waals surface area contributed by atoms with E-state index < -0.39 is 6.04 Å². The Hall–Kier alpha value is -1.66. The van der Waals surface area contributed by atoms with Crippen LogP contribution in [0.1, 0.15) is 78.7 Å². The van der Waals surface area contributed by atoms with Crippen molar-refractivity contribution in [1.29, 1.82) is 0 Å². The Bertz CT molecular complexity index is 783. The first kappa shape index (κ1) is 26.0. The maximum atomic E-state index is 13.4. The fourth-order valence-corrected chi connectivity index (χ4v) is 5.92. The number of amides is 1. The molecule has 2 fully saturated rings. The number of thiocarbonyl (C=S) groups is 1. The van der Waals surface area contributed by atoms with Gasteiger partial charge in [-0.1, -0.05) is 63.9 Å². The van der Waals surface area contributed by atoms with E-state index in [2.05, 4.69) is 62.3 Å². The van der Waals surface area contributed by atoms with Crippen molar-refractivity contribution in [2.45, 2.75) is 110 Å². The molecule has 2 N–H and O–H groups in total. The Balaban J connectivity index is 1.66. The van der Waals surface area contributed by atoms with Gasteiger partial charge in [-0.3, -0.25) is 9.69 Å². The molecule has 2 unspecified atom stereocenters. The highest BCUT2D eigenvalue weighted by atomic mass is 32.1. The first-order chi connectivity index (χ1) is 15.6. The van der Waals surface area contributed by atoms with Gasteiger partial charge in [-0.15, -0.1) is 0 Å². The van der Waals surface area contributed by atoms with Gasteiger partial charge in [0.1, 0.15) is 6.04 Å². The minimum atomic E-state index is -0.391. The highest BCUT2D eigenvalue weighted by molar-refractivity contribution is 7.80. The third-order valence-corrected chi connectivity index (χ3v) is 7.71. The van der Waals surface area contributed by atoms with Crippen LogP contribution in [0.2, 0.25) is 0 Å². The number of carbonyl (C=O) groups excluding carboxylic acids is 1. The maximum Gasteiger partial charge on any atom is 0.245 e. The minimum Gasteiger partial charge on any atom is -0.358 e.